The number of rotatable bonds is 10. The van der Waals surface area contributed by atoms with Crippen molar-refractivity contribution in [3.05, 3.63) is 35.6 Å². The van der Waals surface area contributed by atoms with Crippen LogP contribution in [0.5, 0.6) is 0 Å². The van der Waals surface area contributed by atoms with Crippen molar-refractivity contribution >= 4 is 15.9 Å². The maximum atomic E-state index is 13.8. The van der Waals surface area contributed by atoms with Crippen molar-refractivity contribution in [2.45, 2.75) is 44.8 Å². The number of nitrogens with zero attached hydrogens (tertiary/aromatic N) is 1. The third kappa shape index (κ3) is 7.01. The Bertz CT molecular complexity index is 690. The number of hydrogen-bond acceptors (Lipinski definition) is 4. The van der Waals surface area contributed by atoms with Crippen molar-refractivity contribution in [3.63, 3.8) is 0 Å². The summed E-state index contributed by atoms with van der Waals surface area (Å²) in [6.45, 7) is 0.485. The number of nitrogens with one attached hydrogen (secondary N) is 1. The summed E-state index contributed by atoms with van der Waals surface area (Å²) in [4.78, 5) is 12.0. The molecule has 0 saturated heterocycles. The van der Waals surface area contributed by atoms with Gasteiger partial charge in [-0.25, -0.2) is 12.8 Å². The molecule has 1 aliphatic carbocycles. The fourth-order valence-electron chi connectivity index (χ4n) is 2.93. The monoisotopic (exact) mass is 386 g/mol. The van der Waals surface area contributed by atoms with Crippen molar-refractivity contribution in [1.82, 2.24) is 9.62 Å². The molecule has 1 aromatic rings. The lowest BCUT2D eigenvalue weighted by atomic mass is 10.2. The van der Waals surface area contributed by atoms with Gasteiger partial charge in [0.1, 0.15) is 5.82 Å². The smallest absolute Gasteiger partial charge is 0.235 e. The normalized spacial score (nSPS) is 15.5. The van der Waals surface area contributed by atoms with Crippen LogP contribution in [-0.2, 0) is 26.1 Å². The van der Waals surface area contributed by atoms with E-state index in [0.717, 1.165) is 23.4 Å². The van der Waals surface area contributed by atoms with Gasteiger partial charge >= 0.3 is 0 Å². The molecule has 0 radical (unpaired) electrons. The van der Waals surface area contributed by atoms with E-state index in [4.69, 9.17) is 4.74 Å². The van der Waals surface area contributed by atoms with Gasteiger partial charge in [0.05, 0.1) is 18.9 Å². The topological polar surface area (TPSA) is 75.7 Å². The summed E-state index contributed by atoms with van der Waals surface area (Å²) in [6, 6.07) is 5.93. The van der Waals surface area contributed by atoms with E-state index >= 15 is 0 Å². The van der Waals surface area contributed by atoms with Gasteiger partial charge in [0, 0.05) is 25.3 Å². The van der Waals surface area contributed by atoms with Crippen LogP contribution in [-0.4, -0.2) is 50.7 Å². The van der Waals surface area contributed by atoms with Gasteiger partial charge in [-0.3, -0.25) is 4.79 Å². The van der Waals surface area contributed by atoms with Gasteiger partial charge in [-0.15, -0.1) is 0 Å². The second-order valence-corrected chi connectivity index (χ2v) is 8.59. The first-order valence-electron chi connectivity index (χ1n) is 8.93. The van der Waals surface area contributed by atoms with Crippen molar-refractivity contribution in [1.29, 1.82) is 0 Å². The summed E-state index contributed by atoms with van der Waals surface area (Å²) in [6.07, 6.45) is 6.66. The van der Waals surface area contributed by atoms with Gasteiger partial charge < -0.3 is 10.1 Å². The number of carbonyl (C=O) groups excluding carboxylic acids is 1. The van der Waals surface area contributed by atoms with Crippen LogP contribution in [0.1, 0.15) is 37.7 Å². The minimum atomic E-state index is -3.64. The van der Waals surface area contributed by atoms with E-state index in [0.29, 0.717) is 25.7 Å². The fourth-order valence-corrected chi connectivity index (χ4v) is 3.65. The van der Waals surface area contributed by atoms with Crippen molar-refractivity contribution < 1.29 is 22.3 Å². The number of benzene rings is 1. The lowest BCUT2D eigenvalue weighted by Crippen LogP contribution is -2.40. The van der Waals surface area contributed by atoms with Crippen LogP contribution in [0.25, 0.3) is 0 Å². The van der Waals surface area contributed by atoms with E-state index in [9.17, 15) is 17.6 Å². The number of carbonyl (C=O) groups is 1. The molecule has 0 aromatic heterocycles. The second kappa shape index (κ2) is 9.99. The summed E-state index contributed by atoms with van der Waals surface area (Å²) in [7, 11) is -3.64. The summed E-state index contributed by atoms with van der Waals surface area (Å²) in [5.41, 5.74) is 0.232. The molecule has 0 unspecified atom stereocenters. The fraction of sp³-hybridized carbons (Fsp3) is 0.611. The zero-order chi connectivity index (χ0) is 19.0. The van der Waals surface area contributed by atoms with Gasteiger partial charge in [-0.1, -0.05) is 31.0 Å². The standard InChI is InChI=1S/C18H27FN2O4S/c1-26(23,24)21(13-15-7-2-5-10-17(15)19)14-18(22)20-11-6-12-25-16-8-3-4-9-16/h2,5,7,10,16H,3-4,6,8-9,11-14H2,1H3,(H,20,22). The molecule has 6 nitrogen and oxygen atoms in total. The van der Waals surface area contributed by atoms with Gasteiger partial charge in [-0.2, -0.15) is 4.31 Å². The van der Waals surface area contributed by atoms with E-state index in [1.807, 2.05) is 0 Å². The third-order valence-corrected chi connectivity index (χ3v) is 5.59. The molecule has 8 heteroatoms. The molecule has 1 saturated carbocycles. The molecule has 0 aliphatic heterocycles. The number of amides is 1. The lowest BCUT2D eigenvalue weighted by molar-refractivity contribution is -0.121. The predicted octanol–water partition coefficient (Wildman–Crippen LogP) is 2.05. The molecule has 0 atom stereocenters. The summed E-state index contributed by atoms with van der Waals surface area (Å²) in [5.74, 6) is -0.904. The van der Waals surface area contributed by atoms with E-state index in [-0.39, 0.29) is 18.7 Å². The maximum absolute atomic E-state index is 13.8. The van der Waals surface area contributed by atoms with E-state index in [1.54, 1.807) is 6.07 Å². The third-order valence-electron chi connectivity index (χ3n) is 4.39. The number of ether oxygens (including phenoxy) is 1. The van der Waals surface area contributed by atoms with Crippen LogP contribution >= 0.6 is 0 Å². The zero-order valence-corrected chi connectivity index (χ0v) is 15.9. The van der Waals surface area contributed by atoms with Gasteiger partial charge in [0.15, 0.2) is 0 Å². The Labute approximate surface area is 154 Å². The molecule has 26 heavy (non-hydrogen) atoms. The largest absolute Gasteiger partial charge is 0.378 e. The molecule has 2 rings (SSSR count). The average Bonchev–Trinajstić information content (AvgIpc) is 3.08. The van der Waals surface area contributed by atoms with Gasteiger partial charge in [0.25, 0.3) is 0 Å². The molecule has 146 valence electrons. The summed E-state index contributed by atoms with van der Waals surface area (Å²) >= 11 is 0. The van der Waals surface area contributed by atoms with Crippen LogP contribution < -0.4 is 5.32 Å². The highest BCUT2D eigenvalue weighted by Crippen LogP contribution is 2.20. The first kappa shape index (κ1) is 20.8. The highest BCUT2D eigenvalue weighted by Gasteiger charge is 2.21. The molecule has 1 aromatic carbocycles. The Balaban J connectivity index is 1.76. The quantitative estimate of drug-likeness (QED) is 0.625. The highest BCUT2D eigenvalue weighted by molar-refractivity contribution is 7.88. The first-order valence-corrected chi connectivity index (χ1v) is 10.8. The van der Waals surface area contributed by atoms with Crippen molar-refractivity contribution in [2.24, 2.45) is 0 Å². The Morgan fingerprint density at radius 1 is 1.31 bits per heavy atom. The predicted molar refractivity (Wildman–Crippen MR) is 97.5 cm³/mol. The second-order valence-electron chi connectivity index (χ2n) is 6.60. The molecular formula is C18H27FN2O4S. The molecule has 1 aliphatic rings. The van der Waals surface area contributed by atoms with Crippen molar-refractivity contribution in [3.8, 4) is 0 Å². The average molecular weight is 386 g/mol. The summed E-state index contributed by atoms with van der Waals surface area (Å²) in [5, 5.41) is 2.69. The molecule has 0 heterocycles. The summed E-state index contributed by atoms with van der Waals surface area (Å²) < 4.78 is 44.3. The molecule has 0 spiro atoms. The maximum Gasteiger partial charge on any atom is 0.235 e. The van der Waals surface area contributed by atoms with E-state index in [2.05, 4.69) is 5.32 Å². The van der Waals surface area contributed by atoms with Crippen LogP contribution in [0.4, 0.5) is 4.39 Å². The zero-order valence-electron chi connectivity index (χ0n) is 15.1. The highest BCUT2D eigenvalue weighted by atomic mass is 32.2. The molecule has 1 amide bonds. The number of hydrogen-bond donors (Lipinski definition) is 1. The lowest BCUT2D eigenvalue weighted by Gasteiger charge is -2.20. The van der Waals surface area contributed by atoms with Crippen LogP contribution in [0.15, 0.2) is 24.3 Å². The Hall–Kier alpha value is -1.51. The van der Waals surface area contributed by atoms with Gasteiger partial charge in [0.2, 0.25) is 15.9 Å². The van der Waals surface area contributed by atoms with E-state index in [1.165, 1.54) is 31.0 Å². The van der Waals surface area contributed by atoms with Crippen molar-refractivity contribution in [2.75, 3.05) is 26.0 Å². The number of sulfonamides is 1. The van der Waals surface area contributed by atoms with Crippen LogP contribution in [0.2, 0.25) is 0 Å². The first-order chi connectivity index (χ1) is 12.4. The number of halogens is 1. The minimum Gasteiger partial charge on any atom is -0.378 e. The molecule has 1 fully saturated rings. The Kier molecular flexibility index (Phi) is 7.99. The van der Waals surface area contributed by atoms with Crippen LogP contribution in [0.3, 0.4) is 0 Å². The Morgan fingerprint density at radius 3 is 2.65 bits per heavy atom. The SMILES string of the molecule is CS(=O)(=O)N(CC(=O)NCCCOC1CCCC1)Cc1ccccc1F. The van der Waals surface area contributed by atoms with E-state index < -0.39 is 21.7 Å². The minimum absolute atomic E-state index is 0.177. The van der Waals surface area contributed by atoms with Gasteiger partial charge in [-0.05, 0) is 25.3 Å². The van der Waals surface area contributed by atoms with Crippen LogP contribution in [0, 0.1) is 5.82 Å². The molecular weight excluding hydrogens is 359 g/mol. The molecule has 1 N–H and O–H groups in total. The molecule has 0 bridgehead atoms. The Morgan fingerprint density at radius 2 is 2.00 bits per heavy atom.